The maximum absolute atomic E-state index is 9.03. The fourth-order valence-electron chi connectivity index (χ4n) is 0.389. The molecule has 0 aromatic carbocycles. The number of nitrogens with two attached hydrogens (primary N) is 2. The summed E-state index contributed by atoms with van der Waals surface area (Å²) in [6, 6.07) is 0. The van der Waals surface area contributed by atoms with E-state index >= 15 is 0 Å². The fraction of sp³-hybridized carbons (Fsp3) is 1.00. The largest absolute Gasteiger partial charge is 0.391 e. The van der Waals surface area contributed by atoms with Gasteiger partial charge in [-0.25, -0.2) is 0 Å². The molecule has 4 nitrogen and oxygen atoms in total. The SMILES string of the molecule is NCC(O)CSSCC(O)CN. The molecule has 0 spiro atoms. The van der Waals surface area contributed by atoms with Crippen LogP contribution in [-0.2, 0) is 0 Å². The van der Waals surface area contributed by atoms with Crippen molar-refractivity contribution in [1.82, 2.24) is 0 Å². The molecule has 6 N–H and O–H groups in total. The summed E-state index contributed by atoms with van der Waals surface area (Å²) in [5.41, 5.74) is 10.4. The summed E-state index contributed by atoms with van der Waals surface area (Å²) in [7, 11) is 3.00. The van der Waals surface area contributed by atoms with E-state index < -0.39 is 12.2 Å². The van der Waals surface area contributed by atoms with Crippen LogP contribution in [0.4, 0.5) is 0 Å². The highest BCUT2D eigenvalue weighted by Gasteiger charge is 2.04. The Kier molecular flexibility index (Phi) is 8.52. The van der Waals surface area contributed by atoms with Gasteiger partial charge in [0.15, 0.2) is 0 Å². The zero-order chi connectivity index (χ0) is 9.40. The summed E-state index contributed by atoms with van der Waals surface area (Å²) in [5, 5.41) is 18.1. The second-order valence-corrected chi connectivity index (χ2v) is 4.90. The van der Waals surface area contributed by atoms with Crippen LogP contribution < -0.4 is 11.5 Å². The zero-order valence-corrected chi connectivity index (χ0v) is 8.48. The molecule has 12 heavy (non-hydrogen) atoms. The number of rotatable bonds is 7. The lowest BCUT2D eigenvalue weighted by Gasteiger charge is -2.08. The maximum Gasteiger partial charge on any atom is 0.0761 e. The van der Waals surface area contributed by atoms with E-state index in [2.05, 4.69) is 0 Å². The molecule has 2 atom stereocenters. The summed E-state index contributed by atoms with van der Waals surface area (Å²) in [4.78, 5) is 0. The van der Waals surface area contributed by atoms with Crippen molar-refractivity contribution in [3.8, 4) is 0 Å². The summed E-state index contributed by atoms with van der Waals surface area (Å²) < 4.78 is 0. The van der Waals surface area contributed by atoms with Crippen molar-refractivity contribution >= 4 is 21.6 Å². The molecule has 0 heterocycles. The molecule has 0 bridgehead atoms. The van der Waals surface area contributed by atoms with Crippen LogP contribution in [-0.4, -0.2) is 47.0 Å². The standard InChI is InChI=1S/C6H16N2O2S2/c7-1-5(9)3-11-12-4-6(10)2-8/h5-6,9-10H,1-4,7-8H2. The van der Waals surface area contributed by atoms with Crippen LogP contribution in [0, 0.1) is 0 Å². The molecule has 0 saturated heterocycles. The van der Waals surface area contributed by atoms with Gasteiger partial charge in [0.2, 0.25) is 0 Å². The van der Waals surface area contributed by atoms with Gasteiger partial charge in [-0.3, -0.25) is 0 Å². The summed E-state index contributed by atoms with van der Waals surface area (Å²) in [6.07, 6.45) is -0.893. The van der Waals surface area contributed by atoms with E-state index in [-0.39, 0.29) is 13.1 Å². The van der Waals surface area contributed by atoms with E-state index in [1.54, 1.807) is 0 Å². The van der Waals surface area contributed by atoms with Crippen molar-refractivity contribution in [3.05, 3.63) is 0 Å². The third-order valence-corrected chi connectivity index (χ3v) is 3.67. The van der Waals surface area contributed by atoms with Crippen LogP contribution >= 0.6 is 21.6 Å². The second kappa shape index (κ2) is 8.15. The molecule has 0 aliphatic heterocycles. The Morgan fingerprint density at radius 2 is 1.25 bits per heavy atom. The molecule has 0 aromatic heterocycles. The summed E-state index contributed by atoms with van der Waals surface area (Å²) in [6.45, 7) is 0.569. The third-order valence-electron chi connectivity index (χ3n) is 1.15. The van der Waals surface area contributed by atoms with Crippen LogP contribution in [0.15, 0.2) is 0 Å². The van der Waals surface area contributed by atoms with Gasteiger partial charge in [0.05, 0.1) is 12.2 Å². The van der Waals surface area contributed by atoms with Crippen molar-refractivity contribution in [2.45, 2.75) is 12.2 Å². The summed E-state index contributed by atoms with van der Waals surface area (Å²) >= 11 is 0. The quantitative estimate of drug-likeness (QED) is 0.320. The smallest absolute Gasteiger partial charge is 0.0761 e. The Morgan fingerprint density at radius 1 is 0.917 bits per heavy atom. The zero-order valence-electron chi connectivity index (χ0n) is 6.85. The molecule has 0 aliphatic carbocycles. The third kappa shape index (κ3) is 7.20. The maximum atomic E-state index is 9.03. The van der Waals surface area contributed by atoms with Gasteiger partial charge in [-0.05, 0) is 0 Å². The molecule has 0 fully saturated rings. The van der Waals surface area contributed by atoms with Gasteiger partial charge in [0.1, 0.15) is 0 Å². The van der Waals surface area contributed by atoms with Crippen LogP contribution in [0.5, 0.6) is 0 Å². The molecule has 0 aromatic rings. The predicted octanol–water partition coefficient (Wildman–Crippen LogP) is -0.993. The number of hydrogen-bond acceptors (Lipinski definition) is 6. The Hall–Kier alpha value is 0.540. The average Bonchev–Trinajstić information content (AvgIpc) is 2.11. The lowest BCUT2D eigenvalue weighted by molar-refractivity contribution is 0.207. The Morgan fingerprint density at radius 3 is 1.50 bits per heavy atom. The van der Waals surface area contributed by atoms with Crippen LogP contribution in [0.25, 0.3) is 0 Å². The van der Waals surface area contributed by atoms with Crippen LogP contribution in [0.2, 0.25) is 0 Å². The average molecular weight is 212 g/mol. The van der Waals surface area contributed by atoms with Gasteiger partial charge in [-0.1, -0.05) is 21.6 Å². The molecular weight excluding hydrogens is 196 g/mol. The lowest BCUT2D eigenvalue weighted by atomic mass is 10.4. The highest BCUT2D eigenvalue weighted by atomic mass is 33.1. The lowest BCUT2D eigenvalue weighted by Crippen LogP contribution is -2.23. The van der Waals surface area contributed by atoms with Crippen LogP contribution in [0.3, 0.4) is 0 Å². The summed E-state index contributed by atoms with van der Waals surface area (Å²) in [5.74, 6) is 1.19. The fourth-order valence-corrected chi connectivity index (χ4v) is 2.69. The van der Waals surface area contributed by atoms with Gasteiger partial charge < -0.3 is 21.7 Å². The first kappa shape index (κ1) is 12.5. The first-order valence-electron chi connectivity index (χ1n) is 3.71. The molecule has 0 aliphatic rings. The van der Waals surface area contributed by atoms with Crippen molar-refractivity contribution < 1.29 is 10.2 Å². The van der Waals surface area contributed by atoms with Gasteiger partial charge in [0.25, 0.3) is 0 Å². The van der Waals surface area contributed by atoms with Crippen molar-refractivity contribution in [2.24, 2.45) is 11.5 Å². The topological polar surface area (TPSA) is 92.5 Å². The van der Waals surface area contributed by atoms with E-state index in [4.69, 9.17) is 21.7 Å². The molecule has 0 saturated carbocycles. The molecule has 0 radical (unpaired) electrons. The highest BCUT2D eigenvalue weighted by molar-refractivity contribution is 8.76. The highest BCUT2D eigenvalue weighted by Crippen LogP contribution is 2.22. The molecule has 6 heteroatoms. The molecule has 74 valence electrons. The number of aliphatic hydroxyl groups is 2. The Labute approximate surface area is 80.5 Å². The van der Waals surface area contributed by atoms with E-state index in [1.165, 1.54) is 21.6 Å². The molecule has 0 rings (SSSR count). The van der Waals surface area contributed by atoms with Gasteiger partial charge >= 0.3 is 0 Å². The first-order chi connectivity index (χ1) is 5.70. The minimum atomic E-state index is -0.447. The Balaban J connectivity index is 3.10. The van der Waals surface area contributed by atoms with E-state index in [0.717, 1.165) is 0 Å². The van der Waals surface area contributed by atoms with Gasteiger partial charge in [-0.2, -0.15) is 0 Å². The number of hydrogen-bond donors (Lipinski definition) is 4. The van der Waals surface area contributed by atoms with Crippen LogP contribution in [0.1, 0.15) is 0 Å². The predicted molar refractivity (Wildman–Crippen MR) is 55.0 cm³/mol. The second-order valence-electron chi connectivity index (χ2n) is 2.35. The molecule has 2 unspecified atom stereocenters. The monoisotopic (exact) mass is 212 g/mol. The normalized spacial score (nSPS) is 16.0. The number of aliphatic hydroxyl groups excluding tert-OH is 2. The van der Waals surface area contributed by atoms with Crippen molar-refractivity contribution in [3.63, 3.8) is 0 Å². The van der Waals surface area contributed by atoms with E-state index in [1.807, 2.05) is 0 Å². The Bertz CT molecular complexity index is 95.5. The van der Waals surface area contributed by atoms with E-state index in [0.29, 0.717) is 11.5 Å². The van der Waals surface area contributed by atoms with Gasteiger partial charge in [-0.15, -0.1) is 0 Å². The molecule has 0 amide bonds. The minimum Gasteiger partial charge on any atom is -0.391 e. The van der Waals surface area contributed by atoms with Gasteiger partial charge in [0, 0.05) is 24.6 Å². The molecular formula is C6H16N2O2S2. The van der Waals surface area contributed by atoms with Crippen molar-refractivity contribution in [2.75, 3.05) is 24.6 Å². The van der Waals surface area contributed by atoms with E-state index in [9.17, 15) is 0 Å². The van der Waals surface area contributed by atoms with Crippen molar-refractivity contribution in [1.29, 1.82) is 0 Å². The minimum absolute atomic E-state index is 0.285. The first-order valence-corrected chi connectivity index (χ1v) is 6.20.